The fraction of sp³-hybridized carbons (Fsp3) is 0.545. The molecule has 0 atom stereocenters. The lowest BCUT2D eigenvalue weighted by atomic mass is 10.5. The number of rotatable bonds is 7. The largest absolute Gasteiger partial charge is 0.303 e. The number of thioether (sulfide) groups is 1. The molecule has 0 saturated carbocycles. The molecule has 2 aromatic heterocycles. The van der Waals surface area contributed by atoms with Crippen LogP contribution in [0.1, 0.15) is 13.8 Å². The first-order valence-electron chi connectivity index (χ1n) is 6.34. The van der Waals surface area contributed by atoms with Gasteiger partial charge in [-0.25, -0.2) is 4.98 Å². The summed E-state index contributed by atoms with van der Waals surface area (Å²) in [4.78, 5) is 18.7. The Morgan fingerprint density at radius 3 is 2.70 bits per heavy atom. The summed E-state index contributed by atoms with van der Waals surface area (Å²) in [6.07, 6.45) is 2.95. The summed E-state index contributed by atoms with van der Waals surface area (Å²) >= 11 is 7.47. The van der Waals surface area contributed by atoms with E-state index in [4.69, 9.17) is 11.6 Å². The molecule has 0 N–H and O–H groups in total. The molecule has 0 saturated heterocycles. The zero-order chi connectivity index (χ0) is 14.4. The van der Waals surface area contributed by atoms with Crippen LogP contribution in [0.4, 0.5) is 0 Å². The van der Waals surface area contributed by atoms with Gasteiger partial charge >= 0.3 is 0 Å². The zero-order valence-corrected chi connectivity index (χ0v) is 13.0. The monoisotopic (exact) mass is 313 g/mol. The average Bonchev–Trinajstić information content (AvgIpc) is 2.97. The van der Waals surface area contributed by atoms with Gasteiger partial charge in [-0.1, -0.05) is 25.6 Å². The van der Waals surface area contributed by atoms with Gasteiger partial charge in [0.25, 0.3) is 5.95 Å². The van der Waals surface area contributed by atoms with Crippen molar-refractivity contribution in [3.63, 3.8) is 0 Å². The molecule has 108 valence electrons. The highest BCUT2D eigenvalue weighted by atomic mass is 35.5. The van der Waals surface area contributed by atoms with Crippen molar-refractivity contribution in [2.75, 3.05) is 25.4 Å². The molecule has 2 heterocycles. The summed E-state index contributed by atoms with van der Waals surface area (Å²) in [5, 5.41) is 4.74. The molecule has 0 radical (unpaired) electrons. The van der Waals surface area contributed by atoms with Crippen LogP contribution in [0.5, 0.6) is 0 Å². The third-order valence-corrected chi connectivity index (χ3v) is 3.73. The Morgan fingerprint density at radius 2 is 2.05 bits per heavy atom. The molecule has 0 bridgehead atoms. The minimum Gasteiger partial charge on any atom is -0.303 e. The van der Waals surface area contributed by atoms with Crippen LogP contribution in [0.3, 0.4) is 0 Å². The molecule has 9 heteroatoms. The van der Waals surface area contributed by atoms with E-state index in [0.29, 0.717) is 11.1 Å². The van der Waals surface area contributed by atoms with Crippen LogP contribution >= 0.6 is 23.4 Å². The summed E-state index contributed by atoms with van der Waals surface area (Å²) in [6, 6.07) is 0. The van der Waals surface area contributed by atoms with E-state index in [-0.39, 0.29) is 5.28 Å². The topological polar surface area (TPSA) is 72.6 Å². The standard InChI is InChI=1S/C11H16ClN7S/c1-3-18(4-2)5-6-20-11-16-9(12)15-10(17-11)19-8-13-7-14-19/h7-8H,3-6H2,1-2H3. The molecule has 2 rings (SSSR count). The molecule has 0 aliphatic rings. The number of hydrogen-bond acceptors (Lipinski definition) is 7. The maximum atomic E-state index is 5.92. The van der Waals surface area contributed by atoms with Crippen molar-refractivity contribution in [1.29, 1.82) is 0 Å². The molecule has 0 spiro atoms. The molecule has 20 heavy (non-hydrogen) atoms. The Hall–Kier alpha value is -1.25. The molecule has 0 amide bonds. The highest BCUT2D eigenvalue weighted by Crippen LogP contribution is 2.16. The van der Waals surface area contributed by atoms with Gasteiger partial charge in [-0.2, -0.15) is 24.7 Å². The first-order valence-corrected chi connectivity index (χ1v) is 7.71. The van der Waals surface area contributed by atoms with Gasteiger partial charge in [-0.3, -0.25) is 0 Å². The maximum Gasteiger partial charge on any atom is 0.257 e. The van der Waals surface area contributed by atoms with Gasteiger partial charge in [0.1, 0.15) is 12.7 Å². The van der Waals surface area contributed by atoms with Crippen molar-refractivity contribution in [3.05, 3.63) is 17.9 Å². The van der Waals surface area contributed by atoms with Gasteiger partial charge < -0.3 is 4.90 Å². The van der Waals surface area contributed by atoms with Crippen LogP contribution < -0.4 is 0 Å². The Labute approximate surface area is 126 Å². The lowest BCUT2D eigenvalue weighted by Gasteiger charge is -2.16. The van der Waals surface area contributed by atoms with Crippen LogP contribution in [0.2, 0.25) is 5.28 Å². The number of halogens is 1. The van der Waals surface area contributed by atoms with Crippen molar-refractivity contribution in [2.24, 2.45) is 0 Å². The normalized spacial score (nSPS) is 11.2. The summed E-state index contributed by atoms with van der Waals surface area (Å²) in [5.74, 6) is 1.28. The van der Waals surface area contributed by atoms with Crippen molar-refractivity contribution >= 4 is 23.4 Å². The lowest BCUT2D eigenvalue weighted by molar-refractivity contribution is 0.324. The first kappa shape index (κ1) is 15.1. The van der Waals surface area contributed by atoms with E-state index in [1.165, 1.54) is 17.3 Å². The SMILES string of the molecule is CCN(CC)CCSc1nc(Cl)nc(-n2cncn2)n1. The van der Waals surface area contributed by atoms with Crippen molar-refractivity contribution < 1.29 is 0 Å². The molecule has 0 aromatic carbocycles. The number of nitrogens with zero attached hydrogens (tertiary/aromatic N) is 7. The van der Waals surface area contributed by atoms with E-state index in [0.717, 1.165) is 25.4 Å². The molecule has 0 aliphatic heterocycles. The fourth-order valence-corrected chi connectivity index (χ4v) is 2.64. The van der Waals surface area contributed by atoms with Gasteiger partial charge in [-0.05, 0) is 24.7 Å². The second-order valence-corrected chi connectivity index (χ2v) is 5.30. The highest BCUT2D eigenvalue weighted by Gasteiger charge is 2.08. The van der Waals surface area contributed by atoms with Gasteiger partial charge in [0.05, 0.1) is 0 Å². The van der Waals surface area contributed by atoms with Crippen LogP contribution in [-0.4, -0.2) is 60.0 Å². The maximum absolute atomic E-state index is 5.92. The molecule has 7 nitrogen and oxygen atoms in total. The molecular formula is C11H16ClN7S. The zero-order valence-electron chi connectivity index (χ0n) is 11.4. The highest BCUT2D eigenvalue weighted by molar-refractivity contribution is 7.99. The summed E-state index contributed by atoms with van der Waals surface area (Å²) in [5.41, 5.74) is 0. The van der Waals surface area contributed by atoms with E-state index in [1.54, 1.807) is 11.8 Å². The van der Waals surface area contributed by atoms with Gasteiger partial charge in [-0.15, -0.1) is 0 Å². The van der Waals surface area contributed by atoms with Crippen molar-refractivity contribution in [3.8, 4) is 5.95 Å². The summed E-state index contributed by atoms with van der Waals surface area (Å²) in [7, 11) is 0. The molecule has 0 fully saturated rings. The van der Waals surface area contributed by atoms with E-state index in [2.05, 4.69) is 43.8 Å². The molecule has 0 unspecified atom stereocenters. The Bertz CT molecular complexity index is 530. The number of aromatic nitrogens is 6. The third-order valence-electron chi connectivity index (χ3n) is 2.73. The molecular weight excluding hydrogens is 298 g/mol. The van der Waals surface area contributed by atoms with Crippen molar-refractivity contribution in [1.82, 2.24) is 34.6 Å². The smallest absolute Gasteiger partial charge is 0.257 e. The second kappa shape index (κ2) is 7.51. The molecule has 0 aliphatic carbocycles. The van der Waals surface area contributed by atoms with E-state index < -0.39 is 0 Å². The Morgan fingerprint density at radius 1 is 1.25 bits per heavy atom. The van der Waals surface area contributed by atoms with E-state index in [9.17, 15) is 0 Å². The van der Waals surface area contributed by atoms with E-state index >= 15 is 0 Å². The van der Waals surface area contributed by atoms with Crippen molar-refractivity contribution in [2.45, 2.75) is 19.0 Å². The van der Waals surface area contributed by atoms with Gasteiger partial charge in [0.15, 0.2) is 5.16 Å². The second-order valence-electron chi connectivity index (χ2n) is 3.90. The summed E-state index contributed by atoms with van der Waals surface area (Å²) in [6.45, 7) is 7.37. The van der Waals surface area contributed by atoms with Crippen LogP contribution in [0.15, 0.2) is 17.8 Å². The average molecular weight is 314 g/mol. The predicted octanol–water partition coefficient (Wildman–Crippen LogP) is 1.54. The number of hydrogen-bond donors (Lipinski definition) is 0. The molecule has 2 aromatic rings. The predicted molar refractivity (Wildman–Crippen MR) is 78.3 cm³/mol. The van der Waals surface area contributed by atoms with E-state index in [1.807, 2.05) is 0 Å². The van der Waals surface area contributed by atoms with Crippen LogP contribution in [0.25, 0.3) is 5.95 Å². The van der Waals surface area contributed by atoms with Crippen LogP contribution in [0, 0.1) is 0 Å². The fourth-order valence-electron chi connectivity index (χ4n) is 1.61. The summed E-state index contributed by atoms with van der Waals surface area (Å²) < 4.78 is 1.46. The van der Waals surface area contributed by atoms with Crippen LogP contribution in [-0.2, 0) is 0 Å². The lowest BCUT2D eigenvalue weighted by Crippen LogP contribution is -2.25. The third kappa shape index (κ3) is 4.12. The minimum atomic E-state index is 0.163. The Kier molecular flexibility index (Phi) is 5.69. The minimum absolute atomic E-state index is 0.163. The quantitative estimate of drug-likeness (QED) is 0.718. The van der Waals surface area contributed by atoms with Gasteiger partial charge in [0.2, 0.25) is 5.28 Å². The van der Waals surface area contributed by atoms with Gasteiger partial charge in [0, 0.05) is 12.3 Å². The first-order chi connectivity index (χ1) is 9.72. The Balaban J connectivity index is 2.02.